The van der Waals surface area contributed by atoms with Gasteiger partial charge < -0.3 is 4.74 Å². The third-order valence-corrected chi connectivity index (χ3v) is 4.69. The molecular formula is C12H23ClO3S. The Bertz CT molecular complexity index is 299. The van der Waals surface area contributed by atoms with E-state index in [0.717, 1.165) is 25.6 Å². The summed E-state index contributed by atoms with van der Waals surface area (Å²) in [4.78, 5) is 0. The van der Waals surface area contributed by atoms with E-state index in [-0.39, 0.29) is 5.75 Å². The third kappa shape index (κ3) is 8.01. The first-order valence-corrected chi connectivity index (χ1v) is 8.95. The Hall–Kier alpha value is 0.200. The highest BCUT2D eigenvalue weighted by Gasteiger charge is 2.16. The molecule has 5 heteroatoms. The Morgan fingerprint density at radius 1 is 1.29 bits per heavy atom. The Kier molecular flexibility index (Phi) is 6.82. The van der Waals surface area contributed by atoms with Gasteiger partial charge in [-0.05, 0) is 31.1 Å². The molecule has 1 saturated carbocycles. The smallest absolute Gasteiger partial charge is 0.232 e. The predicted octanol–water partition coefficient (Wildman–Crippen LogP) is 3.18. The first kappa shape index (κ1) is 15.3. The Morgan fingerprint density at radius 3 is 2.53 bits per heavy atom. The molecule has 0 radical (unpaired) electrons. The largest absolute Gasteiger partial charge is 0.381 e. The van der Waals surface area contributed by atoms with Crippen molar-refractivity contribution in [1.29, 1.82) is 0 Å². The van der Waals surface area contributed by atoms with Crippen LogP contribution in [0.3, 0.4) is 0 Å². The summed E-state index contributed by atoms with van der Waals surface area (Å²) >= 11 is 0. The summed E-state index contributed by atoms with van der Waals surface area (Å²) in [5.74, 6) is 1.32. The van der Waals surface area contributed by atoms with E-state index in [9.17, 15) is 8.42 Å². The van der Waals surface area contributed by atoms with E-state index in [2.05, 4.69) is 0 Å². The van der Waals surface area contributed by atoms with Gasteiger partial charge in [0.15, 0.2) is 0 Å². The molecule has 102 valence electrons. The van der Waals surface area contributed by atoms with E-state index in [1.165, 1.54) is 25.7 Å². The standard InChI is InChI=1S/C12H23ClO3S/c1-11(7-10-17(13,14)15)5-8-16-9-6-12-3-2-4-12/h11-12H,2-10H2,1H3. The van der Waals surface area contributed by atoms with Crippen LogP contribution in [0.4, 0.5) is 0 Å². The third-order valence-electron chi connectivity index (χ3n) is 3.50. The van der Waals surface area contributed by atoms with Crippen LogP contribution in [0.5, 0.6) is 0 Å². The van der Waals surface area contributed by atoms with Crippen molar-refractivity contribution in [2.24, 2.45) is 11.8 Å². The van der Waals surface area contributed by atoms with Crippen molar-refractivity contribution in [2.75, 3.05) is 19.0 Å². The molecule has 1 unspecified atom stereocenters. The Labute approximate surface area is 109 Å². The highest BCUT2D eigenvalue weighted by atomic mass is 35.7. The molecular weight excluding hydrogens is 260 g/mol. The molecule has 1 aliphatic carbocycles. The van der Waals surface area contributed by atoms with Gasteiger partial charge in [0.1, 0.15) is 0 Å². The number of ether oxygens (including phenoxy) is 1. The van der Waals surface area contributed by atoms with Crippen LogP contribution in [0.25, 0.3) is 0 Å². The first-order chi connectivity index (χ1) is 7.97. The monoisotopic (exact) mass is 282 g/mol. The van der Waals surface area contributed by atoms with Gasteiger partial charge in [-0.1, -0.05) is 26.2 Å². The molecule has 0 aromatic carbocycles. The fraction of sp³-hybridized carbons (Fsp3) is 1.00. The number of rotatable bonds is 9. The minimum Gasteiger partial charge on any atom is -0.381 e. The highest BCUT2D eigenvalue weighted by molar-refractivity contribution is 8.13. The molecule has 0 aromatic heterocycles. The summed E-state index contributed by atoms with van der Waals surface area (Å²) in [6.45, 7) is 3.62. The maximum Gasteiger partial charge on any atom is 0.232 e. The van der Waals surface area contributed by atoms with Gasteiger partial charge in [-0.15, -0.1) is 0 Å². The van der Waals surface area contributed by atoms with Gasteiger partial charge in [-0.2, -0.15) is 0 Å². The second-order valence-corrected chi connectivity index (χ2v) is 8.02. The van der Waals surface area contributed by atoms with Crippen molar-refractivity contribution >= 4 is 19.7 Å². The molecule has 1 fully saturated rings. The predicted molar refractivity (Wildman–Crippen MR) is 70.8 cm³/mol. The van der Waals surface area contributed by atoms with E-state index >= 15 is 0 Å². The molecule has 0 saturated heterocycles. The van der Waals surface area contributed by atoms with Crippen LogP contribution in [0.1, 0.15) is 45.4 Å². The summed E-state index contributed by atoms with van der Waals surface area (Å²) in [6.07, 6.45) is 6.84. The van der Waals surface area contributed by atoms with Gasteiger partial charge in [0.2, 0.25) is 9.05 Å². The van der Waals surface area contributed by atoms with Gasteiger partial charge in [-0.3, -0.25) is 0 Å². The van der Waals surface area contributed by atoms with Crippen molar-refractivity contribution in [3.63, 3.8) is 0 Å². The van der Waals surface area contributed by atoms with E-state index in [0.29, 0.717) is 12.3 Å². The van der Waals surface area contributed by atoms with Crippen molar-refractivity contribution in [1.82, 2.24) is 0 Å². The van der Waals surface area contributed by atoms with E-state index in [1.54, 1.807) is 0 Å². The van der Waals surface area contributed by atoms with Crippen LogP contribution in [0.2, 0.25) is 0 Å². The van der Waals surface area contributed by atoms with Gasteiger partial charge in [0, 0.05) is 23.9 Å². The zero-order chi connectivity index (χ0) is 12.7. The van der Waals surface area contributed by atoms with Crippen molar-refractivity contribution in [2.45, 2.75) is 45.4 Å². The van der Waals surface area contributed by atoms with Crippen LogP contribution >= 0.6 is 10.7 Å². The quantitative estimate of drug-likeness (QED) is 0.482. The van der Waals surface area contributed by atoms with Crippen LogP contribution < -0.4 is 0 Å². The topological polar surface area (TPSA) is 43.4 Å². The average molecular weight is 283 g/mol. The zero-order valence-electron chi connectivity index (χ0n) is 10.5. The lowest BCUT2D eigenvalue weighted by Crippen LogP contribution is -2.14. The molecule has 1 atom stereocenters. The first-order valence-electron chi connectivity index (χ1n) is 6.47. The van der Waals surface area contributed by atoms with Crippen LogP contribution in [-0.4, -0.2) is 27.4 Å². The molecule has 0 aliphatic heterocycles. The maximum atomic E-state index is 10.8. The maximum absolute atomic E-state index is 10.8. The summed E-state index contributed by atoms with van der Waals surface area (Å²) in [5, 5.41) is 0. The fourth-order valence-corrected chi connectivity index (χ4v) is 2.86. The summed E-state index contributed by atoms with van der Waals surface area (Å²) in [6, 6.07) is 0. The summed E-state index contributed by atoms with van der Waals surface area (Å²) < 4.78 is 27.1. The zero-order valence-corrected chi connectivity index (χ0v) is 12.1. The molecule has 0 bridgehead atoms. The van der Waals surface area contributed by atoms with Gasteiger partial charge >= 0.3 is 0 Å². The molecule has 0 aromatic rings. The number of hydrogen-bond acceptors (Lipinski definition) is 3. The molecule has 0 amide bonds. The highest BCUT2D eigenvalue weighted by Crippen LogP contribution is 2.29. The fourth-order valence-electron chi connectivity index (χ4n) is 1.90. The second-order valence-electron chi connectivity index (χ2n) is 5.12. The number of halogens is 1. The molecule has 1 rings (SSSR count). The lowest BCUT2D eigenvalue weighted by Gasteiger charge is -2.25. The minimum absolute atomic E-state index is 0.0673. The second kappa shape index (κ2) is 7.59. The van der Waals surface area contributed by atoms with Crippen molar-refractivity contribution in [3.05, 3.63) is 0 Å². The SMILES string of the molecule is CC(CCOCCC1CCC1)CCS(=O)(=O)Cl. The van der Waals surface area contributed by atoms with Crippen molar-refractivity contribution in [3.8, 4) is 0 Å². The van der Waals surface area contributed by atoms with Crippen molar-refractivity contribution < 1.29 is 13.2 Å². The van der Waals surface area contributed by atoms with Crippen LogP contribution in [0.15, 0.2) is 0 Å². The molecule has 0 N–H and O–H groups in total. The number of hydrogen-bond donors (Lipinski definition) is 0. The Balaban J connectivity index is 1.90. The molecule has 3 nitrogen and oxygen atoms in total. The van der Waals surface area contributed by atoms with E-state index in [1.807, 2.05) is 6.92 Å². The van der Waals surface area contributed by atoms with Crippen LogP contribution in [0, 0.1) is 11.8 Å². The lowest BCUT2D eigenvalue weighted by atomic mass is 9.83. The van der Waals surface area contributed by atoms with E-state index < -0.39 is 9.05 Å². The summed E-state index contributed by atoms with van der Waals surface area (Å²) in [7, 11) is 1.83. The molecule has 0 heterocycles. The summed E-state index contributed by atoms with van der Waals surface area (Å²) in [5.41, 5.74) is 0. The van der Waals surface area contributed by atoms with Gasteiger partial charge in [0.25, 0.3) is 0 Å². The molecule has 1 aliphatic rings. The van der Waals surface area contributed by atoms with Gasteiger partial charge in [-0.25, -0.2) is 8.42 Å². The van der Waals surface area contributed by atoms with Crippen LogP contribution in [-0.2, 0) is 13.8 Å². The average Bonchev–Trinajstić information content (AvgIpc) is 2.16. The van der Waals surface area contributed by atoms with Gasteiger partial charge in [0.05, 0.1) is 5.75 Å². The molecule has 17 heavy (non-hydrogen) atoms. The minimum atomic E-state index is -3.33. The van der Waals surface area contributed by atoms with E-state index in [4.69, 9.17) is 15.4 Å². The normalized spacial score (nSPS) is 18.9. The molecule has 0 spiro atoms. The lowest BCUT2D eigenvalue weighted by molar-refractivity contribution is 0.0969. The Morgan fingerprint density at radius 2 is 2.00 bits per heavy atom.